The number of nitrogens with zero attached hydrogens (tertiary/aromatic N) is 3. The molecule has 1 aliphatic rings. The molecule has 2 aromatic rings. The van der Waals surface area contributed by atoms with Gasteiger partial charge < -0.3 is 15.0 Å². The van der Waals surface area contributed by atoms with Crippen LogP contribution in [-0.4, -0.2) is 35.7 Å². The zero-order valence-electron chi connectivity index (χ0n) is 14.3. The molecule has 27 heavy (non-hydrogen) atoms. The van der Waals surface area contributed by atoms with E-state index in [1.54, 1.807) is 12.1 Å². The molecular formula is C16H15F3N4O3S. The van der Waals surface area contributed by atoms with Crippen molar-refractivity contribution in [3.8, 4) is 5.75 Å². The lowest BCUT2D eigenvalue weighted by Gasteiger charge is -2.20. The molecule has 144 valence electrons. The van der Waals surface area contributed by atoms with E-state index >= 15 is 0 Å². The van der Waals surface area contributed by atoms with E-state index in [9.17, 15) is 22.8 Å². The number of hydrogen-bond acceptors (Lipinski definition) is 6. The van der Waals surface area contributed by atoms with Crippen molar-refractivity contribution in [2.45, 2.75) is 19.5 Å². The third kappa shape index (κ3) is 4.02. The standard InChI is InChI=1S/C16H15F3N4O3S/c1-8-3-4-11(26-2)10(5-8)23-7-9(6-12(23)24)13(25)20-15-22-21-14(27-15)16(17,18)19/h3-5,9H,6-7H2,1-2H3,(H,20,22,25). The maximum absolute atomic E-state index is 12.6. The fourth-order valence-electron chi connectivity index (χ4n) is 2.72. The van der Waals surface area contributed by atoms with Crippen molar-refractivity contribution in [1.82, 2.24) is 10.2 Å². The molecular weight excluding hydrogens is 385 g/mol. The lowest BCUT2D eigenvalue weighted by molar-refractivity contribution is -0.138. The molecule has 1 aliphatic heterocycles. The van der Waals surface area contributed by atoms with Crippen molar-refractivity contribution in [1.29, 1.82) is 0 Å². The van der Waals surface area contributed by atoms with Crippen molar-refractivity contribution in [3.05, 3.63) is 28.8 Å². The first-order valence-corrected chi connectivity index (χ1v) is 8.67. The lowest BCUT2D eigenvalue weighted by atomic mass is 10.1. The highest BCUT2D eigenvalue weighted by molar-refractivity contribution is 7.15. The van der Waals surface area contributed by atoms with Crippen LogP contribution in [0.4, 0.5) is 24.0 Å². The highest BCUT2D eigenvalue weighted by Crippen LogP contribution is 2.35. The first-order valence-electron chi connectivity index (χ1n) is 7.85. The monoisotopic (exact) mass is 400 g/mol. The third-order valence-corrected chi connectivity index (χ3v) is 4.90. The minimum Gasteiger partial charge on any atom is -0.495 e. The number of rotatable bonds is 4. The molecule has 11 heteroatoms. The number of halogens is 3. The predicted octanol–water partition coefficient (Wildman–Crippen LogP) is 2.87. The number of hydrogen-bond donors (Lipinski definition) is 1. The third-order valence-electron chi connectivity index (χ3n) is 4.02. The molecule has 1 saturated heterocycles. The number of aromatic nitrogens is 2. The van der Waals surface area contributed by atoms with E-state index < -0.39 is 23.0 Å². The minimum absolute atomic E-state index is 0.0616. The molecule has 1 aromatic heterocycles. The highest BCUT2D eigenvalue weighted by Gasteiger charge is 2.38. The molecule has 1 aromatic carbocycles. The summed E-state index contributed by atoms with van der Waals surface area (Å²) in [6.07, 6.45) is -4.68. The number of alkyl halides is 3. The molecule has 1 unspecified atom stereocenters. The van der Waals surface area contributed by atoms with Gasteiger partial charge in [0.05, 0.1) is 18.7 Å². The van der Waals surface area contributed by atoms with Gasteiger partial charge in [0.1, 0.15) is 5.75 Å². The molecule has 0 spiro atoms. The SMILES string of the molecule is COc1ccc(C)cc1N1CC(C(=O)Nc2nnc(C(F)(F)F)s2)CC1=O. The Hall–Kier alpha value is -2.69. The first kappa shape index (κ1) is 19.1. The van der Waals surface area contributed by atoms with Gasteiger partial charge in [0.15, 0.2) is 0 Å². The summed E-state index contributed by atoms with van der Waals surface area (Å²) < 4.78 is 43.0. The van der Waals surface area contributed by atoms with Crippen LogP contribution in [0.15, 0.2) is 18.2 Å². The fraction of sp³-hybridized carbons (Fsp3) is 0.375. The topological polar surface area (TPSA) is 84.4 Å². The Morgan fingerprint density at radius 2 is 2.11 bits per heavy atom. The van der Waals surface area contributed by atoms with Crippen molar-refractivity contribution >= 4 is 34.0 Å². The number of ether oxygens (including phenoxy) is 1. The highest BCUT2D eigenvalue weighted by atomic mass is 32.1. The molecule has 0 aliphatic carbocycles. The molecule has 3 rings (SSSR count). The Bertz CT molecular complexity index is 884. The van der Waals surface area contributed by atoms with Crippen molar-refractivity contribution in [2.24, 2.45) is 5.92 Å². The molecule has 0 saturated carbocycles. The van der Waals surface area contributed by atoms with E-state index in [-0.39, 0.29) is 35.3 Å². The zero-order valence-corrected chi connectivity index (χ0v) is 15.1. The van der Waals surface area contributed by atoms with Gasteiger partial charge in [-0.3, -0.25) is 9.59 Å². The largest absolute Gasteiger partial charge is 0.495 e. The van der Waals surface area contributed by atoms with Gasteiger partial charge in [0.25, 0.3) is 0 Å². The Balaban J connectivity index is 1.73. The summed E-state index contributed by atoms with van der Waals surface area (Å²) in [6.45, 7) is 1.96. The Morgan fingerprint density at radius 3 is 2.74 bits per heavy atom. The number of anilines is 2. The van der Waals surface area contributed by atoms with Crippen LogP contribution in [0.1, 0.15) is 17.0 Å². The molecule has 1 fully saturated rings. The number of methoxy groups -OCH3 is 1. The number of amides is 2. The second kappa shape index (κ2) is 7.14. The van der Waals surface area contributed by atoms with E-state index in [2.05, 4.69) is 15.5 Å². The van der Waals surface area contributed by atoms with E-state index in [1.807, 2.05) is 13.0 Å². The molecule has 1 N–H and O–H groups in total. The Labute approximate surface area is 156 Å². The Morgan fingerprint density at radius 1 is 1.37 bits per heavy atom. The zero-order chi connectivity index (χ0) is 19.8. The van der Waals surface area contributed by atoms with Gasteiger partial charge >= 0.3 is 6.18 Å². The van der Waals surface area contributed by atoms with E-state index in [0.717, 1.165) is 5.56 Å². The van der Waals surface area contributed by atoms with Crippen LogP contribution in [-0.2, 0) is 15.8 Å². The normalized spacial score (nSPS) is 17.3. The van der Waals surface area contributed by atoms with Gasteiger partial charge in [0.2, 0.25) is 22.0 Å². The van der Waals surface area contributed by atoms with Crippen LogP contribution >= 0.6 is 11.3 Å². The van der Waals surface area contributed by atoms with Crippen molar-refractivity contribution in [2.75, 3.05) is 23.9 Å². The van der Waals surface area contributed by atoms with Crippen LogP contribution in [0.3, 0.4) is 0 Å². The van der Waals surface area contributed by atoms with Gasteiger partial charge in [-0.05, 0) is 24.6 Å². The lowest BCUT2D eigenvalue weighted by Crippen LogP contribution is -2.28. The molecule has 0 bridgehead atoms. The minimum atomic E-state index is -4.62. The summed E-state index contributed by atoms with van der Waals surface area (Å²) >= 11 is 0.235. The van der Waals surface area contributed by atoms with Crippen LogP contribution in [0.5, 0.6) is 5.75 Å². The summed E-state index contributed by atoms with van der Waals surface area (Å²) in [4.78, 5) is 26.2. The molecule has 0 radical (unpaired) electrons. The van der Waals surface area contributed by atoms with Crippen molar-refractivity contribution < 1.29 is 27.5 Å². The number of carbonyl (C=O) groups is 2. The maximum atomic E-state index is 12.6. The van der Waals surface area contributed by atoms with E-state index in [0.29, 0.717) is 11.4 Å². The first-order chi connectivity index (χ1) is 12.7. The average molecular weight is 400 g/mol. The summed E-state index contributed by atoms with van der Waals surface area (Å²) in [5.74, 6) is -1.08. The van der Waals surface area contributed by atoms with Gasteiger partial charge in [-0.1, -0.05) is 17.4 Å². The van der Waals surface area contributed by atoms with Crippen LogP contribution < -0.4 is 15.0 Å². The smallest absolute Gasteiger partial charge is 0.445 e. The summed E-state index contributed by atoms with van der Waals surface area (Å²) in [5.41, 5.74) is 1.47. The average Bonchev–Trinajstić information content (AvgIpc) is 3.21. The number of carbonyl (C=O) groups excluding carboxylic acids is 2. The number of nitrogens with one attached hydrogen (secondary N) is 1. The van der Waals surface area contributed by atoms with Crippen molar-refractivity contribution in [3.63, 3.8) is 0 Å². The fourth-order valence-corrected chi connectivity index (χ4v) is 3.34. The molecule has 2 heterocycles. The van der Waals surface area contributed by atoms with Gasteiger partial charge in [-0.15, -0.1) is 10.2 Å². The molecule has 2 amide bonds. The molecule has 7 nitrogen and oxygen atoms in total. The van der Waals surface area contributed by atoms with E-state index in [4.69, 9.17) is 4.74 Å². The van der Waals surface area contributed by atoms with Crippen LogP contribution in [0, 0.1) is 12.8 Å². The van der Waals surface area contributed by atoms with Gasteiger partial charge in [0, 0.05) is 13.0 Å². The number of benzene rings is 1. The summed E-state index contributed by atoms with van der Waals surface area (Å²) in [6, 6.07) is 5.34. The number of aryl methyl sites for hydroxylation is 1. The maximum Gasteiger partial charge on any atom is 0.445 e. The quantitative estimate of drug-likeness (QED) is 0.853. The second-order valence-corrected chi connectivity index (χ2v) is 6.96. The predicted molar refractivity (Wildman–Crippen MR) is 91.7 cm³/mol. The van der Waals surface area contributed by atoms with Gasteiger partial charge in [-0.2, -0.15) is 13.2 Å². The second-order valence-electron chi connectivity index (χ2n) is 5.98. The van der Waals surface area contributed by atoms with E-state index in [1.165, 1.54) is 12.0 Å². The Kier molecular flexibility index (Phi) is 5.05. The summed E-state index contributed by atoms with van der Waals surface area (Å²) in [5, 5.41) is 7.24. The van der Waals surface area contributed by atoms with Gasteiger partial charge in [-0.25, -0.2) is 0 Å². The van der Waals surface area contributed by atoms with Crippen LogP contribution in [0.25, 0.3) is 0 Å². The summed E-state index contributed by atoms with van der Waals surface area (Å²) in [7, 11) is 1.48. The molecule has 1 atom stereocenters. The van der Waals surface area contributed by atoms with Crippen LogP contribution in [0.2, 0.25) is 0 Å².